The maximum Gasteiger partial charge on any atom is 0.246 e. The Morgan fingerprint density at radius 1 is 1.38 bits per heavy atom. The minimum atomic E-state index is -0.170. The molecule has 1 fully saturated rings. The van der Waals surface area contributed by atoms with Gasteiger partial charge in [-0.3, -0.25) is 14.5 Å². The van der Waals surface area contributed by atoms with Gasteiger partial charge < -0.3 is 5.32 Å². The van der Waals surface area contributed by atoms with Crippen molar-refractivity contribution in [3.8, 4) is 0 Å². The van der Waals surface area contributed by atoms with Crippen molar-refractivity contribution < 1.29 is 9.59 Å². The van der Waals surface area contributed by atoms with Crippen LogP contribution in [0.4, 0.5) is 5.69 Å². The van der Waals surface area contributed by atoms with Crippen molar-refractivity contribution in [1.29, 1.82) is 0 Å². The summed E-state index contributed by atoms with van der Waals surface area (Å²) in [5.41, 5.74) is 1.61. The summed E-state index contributed by atoms with van der Waals surface area (Å²) in [4.78, 5) is 24.3. The van der Waals surface area contributed by atoms with Gasteiger partial charge in [0.25, 0.3) is 0 Å². The van der Waals surface area contributed by atoms with Gasteiger partial charge in [0, 0.05) is 0 Å². The molecular formula is C11H11ClN2O2. The molecule has 1 N–H and O–H groups in total. The number of halogens is 1. The minimum absolute atomic E-state index is 0.0294. The molecule has 0 aliphatic carbocycles. The van der Waals surface area contributed by atoms with Crippen molar-refractivity contribution >= 4 is 29.1 Å². The summed E-state index contributed by atoms with van der Waals surface area (Å²) in [6.45, 7) is 1.98. The van der Waals surface area contributed by atoms with E-state index in [1.807, 2.05) is 13.0 Å². The van der Waals surface area contributed by atoms with Crippen LogP contribution in [0.15, 0.2) is 18.2 Å². The Balaban J connectivity index is 2.35. The smallest absolute Gasteiger partial charge is 0.246 e. The van der Waals surface area contributed by atoms with Crippen LogP contribution >= 0.6 is 11.6 Å². The number of hydrogen-bond acceptors (Lipinski definition) is 2. The van der Waals surface area contributed by atoms with E-state index in [1.165, 1.54) is 4.90 Å². The van der Waals surface area contributed by atoms with Crippen LogP contribution in [0.3, 0.4) is 0 Å². The second-order valence-corrected chi connectivity index (χ2v) is 4.12. The number of amides is 2. The van der Waals surface area contributed by atoms with Gasteiger partial charge in [-0.1, -0.05) is 17.7 Å². The summed E-state index contributed by atoms with van der Waals surface area (Å²) in [6.07, 6.45) is 0. The summed E-state index contributed by atoms with van der Waals surface area (Å²) in [7, 11) is 0. The van der Waals surface area contributed by atoms with E-state index in [-0.39, 0.29) is 24.9 Å². The first kappa shape index (κ1) is 11.0. The number of nitrogens with one attached hydrogen (secondary N) is 1. The average Bonchev–Trinajstić information content (AvgIpc) is 2.22. The molecule has 1 aromatic carbocycles. The molecular weight excluding hydrogens is 228 g/mol. The fourth-order valence-electron chi connectivity index (χ4n) is 1.61. The maximum absolute atomic E-state index is 11.6. The molecule has 0 atom stereocenters. The van der Waals surface area contributed by atoms with E-state index >= 15 is 0 Å². The highest BCUT2D eigenvalue weighted by molar-refractivity contribution is 6.34. The highest BCUT2D eigenvalue weighted by Gasteiger charge is 2.25. The van der Waals surface area contributed by atoms with Gasteiger partial charge in [0.05, 0.1) is 17.3 Å². The quantitative estimate of drug-likeness (QED) is 0.797. The Kier molecular flexibility index (Phi) is 2.83. The van der Waals surface area contributed by atoms with Crippen LogP contribution in [0.2, 0.25) is 5.02 Å². The molecule has 0 aromatic heterocycles. The van der Waals surface area contributed by atoms with Crippen molar-refractivity contribution in [2.75, 3.05) is 18.0 Å². The van der Waals surface area contributed by atoms with E-state index in [0.29, 0.717) is 10.7 Å². The van der Waals surface area contributed by atoms with Crippen molar-refractivity contribution in [3.05, 3.63) is 28.8 Å². The third-order valence-electron chi connectivity index (χ3n) is 2.43. The van der Waals surface area contributed by atoms with Gasteiger partial charge >= 0.3 is 0 Å². The van der Waals surface area contributed by atoms with Gasteiger partial charge in [-0.05, 0) is 24.6 Å². The molecule has 1 aliphatic heterocycles. The highest BCUT2D eigenvalue weighted by atomic mass is 35.5. The standard InChI is InChI=1S/C11H11ClN2O2/c1-7-2-3-9(8(12)4-7)14-6-10(15)13-5-11(14)16/h2-4H,5-6H2,1H3,(H,13,15). The summed E-state index contributed by atoms with van der Waals surface area (Å²) in [6, 6.07) is 5.39. The number of nitrogens with zero attached hydrogens (tertiary/aromatic N) is 1. The molecule has 84 valence electrons. The lowest BCUT2D eigenvalue weighted by atomic mass is 10.2. The number of carbonyl (C=O) groups excluding carboxylic acids is 2. The minimum Gasteiger partial charge on any atom is -0.345 e. The van der Waals surface area contributed by atoms with E-state index in [4.69, 9.17) is 11.6 Å². The summed E-state index contributed by atoms with van der Waals surface area (Å²) < 4.78 is 0. The Morgan fingerprint density at radius 3 is 2.81 bits per heavy atom. The molecule has 16 heavy (non-hydrogen) atoms. The van der Waals surface area contributed by atoms with E-state index < -0.39 is 0 Å². The average molecular weight is 239 g/mol. The zero-order valence-electron chi connectivity index (χ0n) is 8.79. The van der Waals surface area contributed by atoms with Crippen LogP contribution < -0.4 is 10.2 Å². The first-order valence-corrected chi connectivity index (χ1v) is 5.29. The second-order valence-electron chi connectivity index (χ2n) is 3.71. The van der Waals surface area contributed by atoms with Crippen molar-refractivity contribution in [2.45, 2.75) is 6.92 Å². The van der Waals surface area contributed by atoms with Crippen LogP contribution in [0, 0.1) is 6.92 Å². The Bertz CT molecular complexity index is 459. The molecule has 2 rings (SSSR count). The normalized spacial score (nSPS) is 16.2. The molecule has 5 heteroatoms. The number of benzene rings is 1. The van der Waals surface area contributed by atoms with E-state index in [9.17, 15) is 9.59 Å². The lowest BCUT2D eigenvalue weighted by molar-refractivity contribution is -0.128. The summed E-state index contributed by atoms with van der Waals surface area (Å²) in [5, 5.41) is 2.98. The van der Waals surface area contributed by atoms with E-state index in [0.717, 1.165) is 5.56 Å². The fourth-order valence-corrected chi connectivity index (χ4v) is 1.94. The summed E-state index contributed by atoms with van der Waals surface area (Å²) >= 11 is 6.05. The van der Waals surface area contributed by atoms with E-state index in [2.05, 4.69) is 5.32 Å². The SMILES string of the molecule is Cc1ccc(N2CC(=O)NCC2=O)c(Cl)c1. The second kappa shape index (κ2) is 4.14. The lowest BCUT2D eigenvalue weighted by Gasteiger charge is -2.27. The van der Waals surface area contributed by atoms with Gasteiger partial charge in [0.2, 0.25) is 11.8 Å². The third-order valence-corrected chi connectivity index (χ3v) is 2.74. The summed E-state index contributed by atoms with van der Waals surface area (Å²) in [5.74, 6) is -0.318. The number of rotatable bonds is 1. The molecule has 0 saturated carbocycles. The molecule has 0 bridgehead atoms. The lowest BCUT2D eigenvalue weighted by Crippen LogP contribution is -2.51. The monoisotopic (exact) mass is 238 g/mol. The zero-order valence-corrected chi connectivity index (χ0v) is 9.54. The molecule has 1 aliphatic rings. The van der Waals surface area contributed by atoms with Crippen molar-refractivity contribution in [3.63, 3.8) is 0 Å². The maximum atomic E-state index is 11.6. The van der Waals surface area contributed by atoms with Crippen molar-refractivity contribution in [1.82, 2.24) is 5.32 Å². The molecule has 1 aromatic rings. The molecule has 1 saturated heterocycles. The number of carbonyl (C=O) groups is 2. The Hall–Kier alpha value is -1.55. The van der Waals surface area contributed by atoms with Crippen LogP contribution in [0.25, 0.3) is 0 Å². The van der Waals surface area contributed by atoms with Crippen LogP contribution in [0.5, 0.6) is 0 Å². The number of aryl methyl sites for hydroxylation is 1. The molecule has 4 nitrogen and oxygen atoms in total. The van der Waals surface area contributed by atoms with Gasteiger partial charge in [-0.15, -0.1) is 0 Å². The van der Waals surface area contributed by atoms with Crippen molar-refractivity contribution in [2.24, 2.45) is 0 Å². The predicted octanol–water partition coefficient (Wildman–Crippen LogP) is 1.11. The Labute approximate surface area is 98.2 Å². The number of piperazine rings is 1. The first-order valence-electron chi connectivity index (χ1n) is 4.91. The third kappa shape index (κ3) is 2.02. The first-order chi connectivity index (χ1) is 7.58. The van der Waals surface area contributed by atoms with Gasteiger partial charge in [0.1, 0.15) is 6.54 Å². The van der Waals surface area contributed by atoms with Gasteiger partial charge in [-0.2, -0.15) is 0 Å². The largest absolute Gasteiger partial charge is 0.345 e. The Morgan fingerprint density at radius 2 is 2.12 bits per heavy atom. The molecule has 0 radical (unpaired) electrons. The molecule has 0 spiro atoms. The molecule has 0 unspecified atom stereocenters. The predicted molar refractivity (Wildman–Crippen MR) is 61.6 cm³/mol. The topological polar surface area (TPSA) is 49.4 Å². The molecule has 2 amide bonds. The highest BCUT2D eigenvalue weighted by Crippen LogP contribution is 2.27. The number of anilines is 1. The van der Waals surface area contributed by atoms with Gasteiger partial charge in [-0.25, -0.2) is 0 Å². The van der Waals surface area contributed by atoms with Crippen LogP contribution in [-0.4, -0.2) is 24.9 Å². The van der Waals surface area contributed by atoms with E-state index in [1.54, 1.807) is 12.1 Å². The van der Waals surface area contributed by atoms with Gasteiger partial charge in [0.15, 0.2) is 0 Å². The van der Waals surface area contributed by atoms with Crippen LogP contribution in [0.1, 0.15) is 5.56 Å². The zero-order chi connectivity index (χ0) is 11.7. The molecule has 1 heterocycles. The van der Waals surface area contributed by atoms with Crippen LogP contribution in [-0.2, 0) is 9.59 Å². The number of hydrogen-bond donors (Lipinski definition) is 1. The fraction of sp³-hybridized carbons (Fsp3) is 0.273.